The van der Waals surface area contributed by atoms with Gasteiger partial charge in [0, 0.05) is 30.4 Å². The molecule has 1 heterocycles. The molecule has 0 saturated carbocycles. The molecule has 0 spiro atoms. The molecule has 3 amide bonds. The molecule has 26 heavy (non-hydrogen) atoms. The average Bonchev–Trinajstić information content (AvgIpc) is 2.61. The van der Waals surface area contributed by atoms with E-state index in [9.17, 15) is 19.5 Å². The molecular formula is C19H27N3O4. The van der Waals surface area contributed by atoms with Crippen molar-refractivity contribution in [3.05, 3.63) is 29.8 Å². The predicted octanol–water partition coefficient (Wildman–Crippen LogP) is 2.79. The van der Waals surface area contributed by atoms with Gasteiger partial charge in [0.2, 0.25) is 0 Å². The van der Waals surface area contributed by atoms with Gasteiger partial charge in [-0.15, -0.1) is 0 Å². The number of carboxylic acid groups (broad SMARTS) is 1. The molecule has 0 aromatic heterocycles. The number of nitrogens with zero attached hydrogens (tertiary/aromatic N) is 1. The maximum absolute atomic E-state index is 12.4. The Bertz CT molecular complexity index is 659. The van der Waals surface area contributed by atoms with Crippen molar-refractivity contribution in [3.8, 4) is 0 Å². The van der Waals surface area contributed by atoms with Gasteiger partial charge in [0.15, 0.2) is 0 Å². The SMILES string of the molecule is CCC(C)NC(=O)c1ccc(NC(=O)N2CC(C)CC(C(=O)O)C2)cc1. The number of carboxylic acids is 1. The molecule has 0 bridgehead atoms. The van der Waals surface area contributed by atoms with Crippen molar-refractivity contribution < 1.29 is 19.5 Å². The van der Waals surface area contributed by atoms with E-state index in [4.69, 9.17) is 0 Å². The average molecular weight is 361 g/mol. The van der Waals surface area contributed by atoms with Crippen LogP contribution in [0, 0.1) is 11.8 Å². The lowest BCUT2D eigenvalue weighted by Crippen LogP contribution is -2.47. The third kappa shape index (κ3) is 5.21. The first-order valence-corrected chi connectivity index (χ1v) is 8.99. The molecule has 1 aromatic rings. The van der Waals surface area contributed by atoms with Gasteiger partial charge in [-0.3, -0.25) is 9.59 Å². The Morgan fingerprint density at radius 3 is 2.46 bits per heavy atom. The maximum Gasteiger partial charge on any atom is 0.321 e. The number of amides is 3. The summed E-state index contributed by atoms with van der Waals surface area (Å²) in [6.45, 7) is 6.63. The minimum atomic E-state index is -0.869. The molecule has 1 aliphatic rings. The van der Waals surface area contributed by atoms with Crippen molar-refractivity contribution in [1.29, 1.82) is 0 Å². The summed E-state index contributed by atoms with van der Waals surface area (Å²) in [4.78, 5) is 37.3. The van der Waals surface area contributed by atoms with Crippen molar-refractivity contribution in [2.75, 3.05) is 18.4 Å². The second-order valence-corrected chi connectivity index (χ2v) is 7.07. The second-order valence-electron chi connectivity index (χ2n) is 7.07. The van der Waals surface area contributed by atoms with Crippen LogP contribution in [-0.4, -0.2) is 47.0 Å². The number of nitrogens with one attached hydrogen (secondary N) is 2. The molecule has 0 radical (unpaired) electrons. The van der Waals surface area contributed by atoms with Gasteiger partial charge in [-0.25, -0.2) is 4.79 Å². The van der Waals surface area contributed by atoms with Crippen LogP contribution in [0.15, 0.2) is 24.3 Å². The minimum Gasteiger partial charge on any atom is -0.481 e. The molecule has 0 aliphatic carbocycles. The lowest BCUT2D eigenvalue weighted by atomic mass is 9.91. The van der Waals surface area contributed by atoms with Gasteiger partial charge in [-0.05, 0) is 49.9 Å². The maximum atomic E-state index is 12.4. The quantitative estimate of drug-likeness (QED) is 0.751. The third-order valence-electron chi connectivity index (χ3n) is 4.68. The lowest BCUT2D eigenvalue weighted by Gasteiger charge is -2.34. The van der Waals surface area contributed by atoms with Gasteiger partial charge in [0.05, 0.1) is 5.92 Å². The van der Waals surface area contributed by atoms with Gasteiger partial charge in [0.1, 0.15) is 0 Å². The molecule has 1 aromatic carbocycles. The second kappa shape index (κ2) is 8.69. The molecule has 3 N–H and O–H groups in total. The number of likely N-dealkylation sites (tertiary alicyclic amines) is 1. The number of hydrogen-bond donors (Lipinski definition) is 3. The molecule has 142 valence electrons. The van der Waals surface area contributed by atoms with Crippen LogP contribution < -0.4 is 10.6 Å². The number of benzene rings is 1. The summed E-state index contributed by atoms with van der Waals surface area (Å²) in [7, 11) is 0. The highest BCUT2D eigenvalue weighted by Gasteiger charge is 2.31. The highest BCUT2D eigenvalue weighted by molar-refractivity contribution is 5.95. The molecule has 2 rings (SSSR count). The van der Waals surface area contributed by atoms with Gasteiger partial charge in [-0.2, -0.15) is 0 Å². The summed E-state index contributed by atoms with van der Waals surface area (Å²) in [6.07, 6.45) is 1.44. The summed E-state index contributed by atoms with van der Waals surface area (Å²) in [5.41, 5.74) is 1.10. The number of rotatable bonds is 5. The smallest absolute Gasteiger partial charge is 0.321 e. The monoisotopic (exact) mass is 361 g/mol. The van der Waals surface area contributed by atoms with Crippen molar-refractivity contribution >= 4 is 23.6 Å². The standard InChI is InChI=1S/C19H27N3O4/c1-4-13(3)20-17(23)14-5-7-16(8-6-14)21-19(26)22-10-12(2)9-15(11-22)18(24)25/h5-8,12-13,15H,4,9-11H2,1-3H3,(H,20,23)(H,21,26)(H,24,25). The largest absolute Gasteiger partial charge is 0.481 e. The molecule has 1 saturated heterocycles. The Morgan fingerprint density at radius 2 is 1.88 bits per heavy atom. The van der Waals surface area contributed by atoms with Crippen molar-refractivity contribution in [1.82, 2.24) is 10.2 Å². The fourth-order valence-corrected chi connectivity index (χ4v) is 3.01. The number of hydrogen-bond acceptors (Lipinski definition) is 3. The zero-order chi connectivity index (χ0) is 19.3. The number of carbonyl (C=O) groups is 3. The van der Waals surface area contributed by atoms with Gasteiger partial charge in [0.25, 0.3) is 5.91 Å². The first-order valence-electron chi connectivity index (χ1n) is 8.99. The molecule has 3 unspecified atom stereocenters. The van der Waals surface area contributed by atoms with Crippen LogP contribution in [0.3, 0.4) is 0 Å². The van der Waals surface area contributed by atoms with Crippen LogP contribution in [-0.2, 0) is 4.79 Å². The first kappa shape index (κ1) is 19.8. The topological polar surface area (TPSA) is 98.7 Å². The fraction of sp³-hybridized carbons (Fsp3) is 0.526. The van der Waals surface area contributed by atoms with Gasteiger partial charge in [-0.1, -0.05) is 13.8 Å². The van der Waals surface area contributed by atoms with Crippen molar-refractivity contribution in [2.24, 2.45) is 11.8 Å². The fourth-order valence-electron chi connectivity index (χ4n) is 3.01. The number of aliphatic carboxylic acids is 1. The van der Waals surface area contributed by atoms with E-state index >= 15 is 0 Å². The highest BCUT2D eigenvalue weighted by Crippen LogP contribution is 2.22. The lowest BCUT2D eigenvalue weighted by molar-refractivity contribution is -0.143. The summed E-state index contributed by atoms with van der Waals surface area (Å²) < 4.78 is 0. The normalized spacial score (nSPS) is 21.0. The minimum absolute atomic E-state index is 0.102. The number of anilines is 1. The van der Waals surface area contributed by atoms with Crippen LogP contribution in [0.2, 0.25) is 0 Å². The van der Waals surface area contributed by atoms with Crippen LogP contribution in [0.1, 0.15) is 44.0 Å². The van der Waals surface area contributed by atoms with E-state index in [-0.39, 0.29) is 30.4 Å². The molecule has 7 heteroatoms. The Hall–Kier alpha value is -2.57. The van der Waals surface area contributed by atoms with Crippen molar-refractivity contribution in [2.45, 2.75) is 39.7 Å². The van der Waals surface area contributed by atoms with E-state index in [0.29, 0.717) is 24.2 Å². The summed E-state index contributed by atoms with van der Waals surface area (Å²) >= 11 is 0. The van der Waals surface area contributed by atoms with Crippen molar-refractivity contribution in [3.63, 3.8) is 0 Å². The number of piperidine rings is 1. The van der Waals surface area contributed by atoms with E-state index in [1.54, 1.807) is 24.3 Å². The summed E-state index contributed by atoms with van der Waals surface area (Å²) in [5, 5.41) is 14.9. The Kier molecular flexibility index (Phi) is 6.60. The van der Waals surface area contributed by atoms with Crippen LogP contribution in [0.25, 0.3) is 0 Å². The first-order chi connectivity index (χ1) is 12.3. The zero-order valence-electron chi connectivity index (χ0n) is 15.5. The van der Waals surface area contributed by atoms with E-state index in [1.165, 1.54) is 4.90 Å². The van der Waals surface area contributed by atoms with Crippen LogP contribution in [0.4, 0.5) is 10.5 Å². The van der Waals surface area contributed by atoms with E-state index in [2.05, 4.69) is 10.6 Å². The van der Waals surface area contributed by atoms with Gasteiger partial charge >= 0.3 is 12.0 Å². The van der Waals surface area contributed by atoms with Crippen LogP contribution >= 0.6 is 0 Å². The molecular weight excluding hydrogens is 334 g/mol. The van der Waals surface area contributed by atoms with E-state index in [1.807, 2.05) is 20.8 Å². The summed E-state index contributed by atoms with van der Waals surface area (Å²) in [5.74, 6) is -1.41. The molecule has 1 fully saturated rings. The summed E-state index contributed by atoms with van der Waals surface area (Å²) in [6, 6.07) is 6.44. The number of carbonyl (C=O) groups excluding carboxylic acids is 2. The number of urea groups is 1. The Balaban J connectivity index is 1.96. The van der Waals surface area contributed by atoms with E-state index in [0.717, 1.165) is 6.42 Å². The van der Waals surface area contributed by atoms with Gasteiger partial charge < -0.3 is 20.6 Å². The highest BCUT2D eigenvalue weighted by atomic mass is 16.4. The van der Waals surface area contributed by atoms with Crippen LogP contribution in [0.5, 0.6) is 0 Å². The molecule has 7 nitrogen and oxygen atoms in total. The zero-order valence-corrected chi connectivity index (χ0v) is 15.5. The predicted molar refractivity (Wildman–Crippen MR) is 99.2 cm³/mol. The third-order valence-corrected chi connectivity index (χ3v) is 4.68. The van der Waals surface area contributed by atoms with E-state index < -0.39 is 11.9 Å². The molecule has 3 atom stereocenters. The Labute approximate surface area is 153 Å². The molecule has 1 aliphatic heterocycles. The Morgan fingerprint density at radius 1 is 1.23 bits per heavy atom.